The number of carbonyl (C=O) groups is 2. The SMILES string of the molecule is C#CCNC(=O)CN1CCCN(C(=O)[C@@H](C2CC2)N2CCCC2)CC1. The van der Waals surface area contributed by atoms with E-state index >= 15 is 0 Å². The summed E-state index contributed by atoms with van der Waals surface area (Å²) >= 11 is 0. The molecule has 6 nitrogen and oxygen atoms in total. The first-order valence-electron chi connectivity index (χ1n) is 9.64. The quantitative estimate of drug-likeness (QED) is 0.696. The van der Waals surface area contributed by atoms with Gasteiger partial charge in [0.15, 0.2) is 0 Å². The van der Waals surface area contributed by atoms with Crippen LogP contribution >= 0.6 is 0 Å². The Bertz CT molecular complexity index is 520. The van der Waals surface area contributed by atoms with Gasteiger partial charge >= 0.3 is 0 Å². The van der Waals surface area contributed by atoms with Crippen LogP contribution in [0.25, 0.3) is 0 Å². The van der Waals surface area contributed by atoms with Gasteiger partial charge in [-0.15, -0.1) is 6.42 Å². The predicted molar refractivity (Wildman–Crippen MR) is 96.8 cm³/mol. The fraction of sp³-hybridized carbons (Fsp3) is 0.789. The van der Waals surface area contributed by atoms with E-state index in [9.17, 15) is 9.59 Å². The summed E-state index contributed by atoms with van der Waals surface area (Å²) < 4.78 is 0. The topological polar surface area (TPSA) is 55.9 Å². The number of rotatable bonds is 6. The molecule has 1 aliphatic carbocycles. The number of carbonyl (C=O) groups excluding carboxylic acids is 2. The molecule has 6 heteroatoms. The molecule has 0 aromatic carbocycles. The van der Waals surface area contributed by atoms with E-state index in [4.69, 9.17) is 6.42 Å². The van der Waals surface area contributed by atoms with Crippen LogP contribution in [0.1, 0.15) is 32.1 Å². The van der Waals surface area contributed by atoms with Crippen molar-refractivity contribution in [3.8, 4) is 12.3 Å². The van der Waals surface area contributed by atoms with Crippen molar-refractivity contribution in [2.24, 2.45) is 5.92 Å². The van der Waals surface area contributed by atoms with Crippen LogP contribution in [0.5, 0.6) is 0 Å². The summed E-state index contributed by atoms with van der Waals surface area (Å²) in [5.74, 6) is 3.27. The first kappa shape index (κ1) is 18.2. The number of terminal acetylenes is 1. The van der Waals surface area contributed by atoms with Crippen molar-refractivity contribution in [3.63, 3.8) is 0 Å². The molecule has 2 aliphatic heterocycles. The molecule has 0 aromatic rings. The van der Waals surface area contributed by atoms with Gasteiger partial charge in [0.05, 0.1) is 19.1 Å². The molecule has 3 aliphatic rings. The third-order valence-corrected chi connectivity index (χ3v) is 5.51. The summed E-state index contributed by atoms with van der Waals surface area (Å²) in [5.41, 5.74) is 0. The van der Waals surface area contributed by atoms with E-state index in [0.717, 1.165) is 45.7 Å². The molecule has 3 rings (SSSR count). The van der Waals surface area contributed by atoms with Crippen LogP contribution in [0.2, 0.25) is 0 Å². The van der Waals surface area contributed by atoms with Gasteiger partial charge in [-0.25, -0.2) is 0 Å². The Hall–Kier alpha value is -1.58. The monoisotopic (exact) mass is 346 g/mol. The molecule has 2 saturated heterocycles. The molecular formula is C19H30N4O2. The minimum Gasteiger partial charge on any atom is -0.344 e. The Labute approximate surface area is 150 Å². The molecule has 1 saturated carbocycles. The molecule has 2 amide bonds. The second kappa shape index (κ2) is 8.68. The first-order valence-corrected chi connectivity index (χ1v) is 9.64. The van der Waals surface area contributed by atoms with Gasteiger partial charge in [0.25, 0.3) is 0 Å². The van der Waals surface area contributed by atoms with Crippen molar-refractivity contribution in [1.29, 1.82) is 0 Å². The summed E-state index contributed by atoms with van der Waals surface area (Å²) in [6.45, 7) is 5.91. The van der Waals surface area contributed by atoms with Crippen molar-refractivity contribution < 1.29 is 9.59 Å². The zero-order valence-electron chi connectivity index (χ0n) is 15.1. The molecule has 25 heavy (non-hydrogen) atoms. The molecule has 2 heterocycles. The van der Waals surface area contributed by atoms with Gasteiger partial charge < -0.3 is 10.2 Å². The zero-order chi connectivity index (χ0) is 17.6. The molecule has 0 radical (unpaired) electrons. The molecule has 0 unspecified atom stereocenters. The standard InChI is InChI=1S/C19H30N4O2/c1-2-8-20-17(24)15-21-9-5-12-23(14-13-21)19(25)18(16-6-7-16)22-10-3-4-11-22/h1,16,18H,3-15H2,(H,20,24)/t18-/m1/s1. The Kier molecular flexibility index (Phi) is 6.33. The van der Waals surface area contributed by atoms with Crippen LogP contribution in [0, 0.1) is 18.3 Å². The van der Waals surface area contributed by atoms with E-state index in [1.54, 1.807) is 0 Å². The maximum absolute atomic E-state index is 13.2. The summed E-state index contributed by atoms with van der Waals surface area (Å²) in [7, 11) is 0. The van der Waals surface area contributed by atoms with Crippen molar-refractivity contribution >= 4 is 11.8 Å². The third-order valence-electron chi connectivity index (χ3n) is 5.51. The van der Waals surface area contributed by atoms with Gasteiger partial charge in [-0.05, 0) is 51.1 Å². The second-order valence-electron chi connectivity index (χ2n) is 7.46. The zero-order valence-corrected chi connectivity index (χ0v) is 15.1. The van der Waals surface area contributed by atoms with Gasteiger partial charge in [0, 0.05) is 26.2 Å². The van der Waals surface area contributed by atoms with E-state index in [1.165, 1.54) is 25.7 Å². The number of nitrogens with one attached hydrogen (secondary N) is 1. The third kappa shape index (κ3) is 4.96. The van der Waals surface area contributed by atoms with Crippen LogP contribution in [0.3, 0.4) is 0 Å². The molecule has 3 fully saturated rings. The van der Waals surface area contributed by atoms with Crippen LogP contribution in [-0.2, 0) is 9.59 Å². The molecule has 1 atom stereocenters. The average molecular weight is 346 g/mol. The molecule has 0 bridgehead atoms. The lowest BCUT2D eigenvalue weighted by molar-refractivity contribution is -0.137. The molecule has 138 valence electrons. The van der Waals surface area contributed by atoms with Crippen molar-refractivity contribution in [1.82, 2.24) is 20.0 Å². The molecular weight excluding hydrogens is 316 g/mol. The lowest BCUT2D eigenvalue weighted by atomic mass is 10.1. The van der Waals surface area contributed by atoms with E-state index in [-0.39, 0.29) is 18.5 Å². The molecule has 0 spiro atoms. The van der Waals surface area contributed by atoms with Gasteiger partial charge in [-0.3, -0.25) is 19.4 Å². The van der Waals surface area contributed by atoms with E-state index in [2.05, 4.69) is 21.0 Å². The molecule has 1 N–H and O–H groups in total. The average Bonchev–Trinajstić information content (AvgIpc) is 3.34. The van der Waals surface area contributed by atoms with E-state index < -0.39 is 0 Å². The summed E-state index contributed by atoms with van der Waals surface area (Å²) in [6, 6.07) is 0.105. The highest BCUT2D eigenvalue weighted by Crippen LogP contribution is 2.37. The fourth-order valence-corrected chi connectivity index (χ4v) is 4.03. The maximum Gasteiger partial charge on any atom is 0.240 e. The lowest BCUT2D eigenvalue weighted by Crippen LogP contribution is -2.50. The summed E-state index contributed by atoms with van der Waals surface area (Å²) in [6.07, 6.45) is 10.9. The smallest absolute Gasteiger partial charge is 0.240 e. The highest BCUT2D eigenvalue weighted by atomic mass is 16.2. The fourth-order valence-electron chi connectivity index (χ4n) is 4.03. The van der Waals surface area contributed by atoms with Gasteiger partial charge in [-0.1, -0.05) is 5.92 Å². The first-order chi connectivity index (χ1) is 12.2. The van der Waals surface area contributed by atoms with Crippen LogP contribution in [0.4, 0.5) is 0 Å². The number of hydrogen-bond acceptors (Lipinski definition) is 4. The minimum atomic E-state index is -0.0364. The number of amides is 2. The van der Waals surface area contributed by atoms with E-state index in [1.807, 2.05) is 4.90 Å². The Balaban J connectivity index is 1.52. The van der Waals surface area contributed by atoms with Crippen molar-refractivity contribution in [3.05, 3.63) is 0 Å². The largest absolute Gasteiger partial charge is 0.344 e. The number of nitrogens with zero attached hydrogens (tertiary/aromatic N) is 3. The van der Waals surface area contributed by atoms with Crippen molar-refractivity contribution in [2.45, 2.75) is 38.1 Å². The molecule has 0 aromatic heterocycles. The van der Waals surface area contributed by atoms with Crippen LogP contribution in [-0.4, -0.2) is 84.9 Å². The van der Waals surface area contributed by atoms with Crippen LogP contribution in [0.15, 0.2) is 0 Å². The Morgan fingerprint density at radius 2 is 1.80 bits per heavy atom. The summed E-state index contributed by atoms with van der Waals surface area (Å²) in [4.78, 5) is 31.6. The number of likely N-dealkylation sites (tertiary alicyclic amines) is 1. The van der Waals surface area contributed by atoms with Gasteiger partial charge in [-0.2, -0.15) is 0 Å². The highest BCUT2D eigenvalue weighted by Gasteiger charge is 2.42. The van der Waals surface area contributed by atoms with E-state index in [0.29, 0.717) is 18.4 Å². The van der Waals surface area contributed by atoms with Crippen LogP contribution < -0.4 is 5.32 Å². The minimum absolute atomic E-state index is 0.0364. The highest BCUT2D eigenvalue weighted by molar-refractivity contribution is 5.83. The van der Waals surface area contributed by atoms with Gasteiger partial charge in [0.2, 0.25) is 11.8 Å². The van der Waals surface area contributed by atoms with Crippen molar-refractivity contribution in [2.75, 3.05) is 52.4 Å². The second-order valence-corrected chi connectivity index (χ2v) is 7.46. The maximum atomic E-state index is 13.2. The normalized spacial score (nSPS) is 23.7. The lowest BCUT2D eigenvalue weighted by Gasteiger charge is -2.32. The summed E-state index contributed by atoms with van der Waals surface area (Å²) in [5, 5.41) is 2.71. The van der Waals surface area contributed by atoms with Gasteiger partial charge in [0.1, 0.15) is 0 Å². The predicted octanol–water partition coefficient (Wildman–Crippen LogP) is 0.145. The number of hydrogen-bond donors (Lipinski definition) is 1. The Morgan fingerprint density at radius 1 is 1.04 bits per heavy atom. The Morgan fingerprint density at radius 3 is 2.48 bits per heavy atom.